The minimum Gasteiger partial charge on any atom is -0.411 e. The van der Waals surface area contributed by atoms with Crippen LogP contribution in [0.3, 0.4) is 0 Å². The van der Waals surface area contributed by atoms with E-state index in [0.717, 1.165) is 48.1 Å². The topological polar surface area (TPSA) is 45.5 Å². The highest BCUT2D eigenvalue weighted by atomic mass is 16.4. The minimum absolute atomic E-state index is 0.307. The molecule has 1 N–H and O–H groups in total. The van der Waals surface area contributed by atoms with Gasteiger partial charge >= 0.3 is 0 Å². The van der Waals surface area contributed by atoms with Gasteiger partial charge < -0.3 is 5.21 Å². The molecule has 7 atom stereocenters. The van der Waals surface area contributed by atoms with Crippen LogP contribution in [0.2, 0.25) is 0 Å². The molecule has 3 heteroatoms. The summed E-state index contributed by atoms with van der Waals surface area (Å²) >= 11 is 0. The Morgan fingerprint density at radius 2 is 2.07 bits per heavy atom. The second kappa shape index (κ2) is 5.58. The van der Waals surface area contributed by atoms with Crippen LogP contribution in [0.5, 0.6) is 0 Å². The zero-order valence-electron chi connectivity index (χ0n) is 16.9. The summed E-state index contributed by atoms with van der Waals surface area (Å²) in [5.41, 5.74) is 6.04. The van der Waals surface area contributed by atoms with E-state index in [1.54, 1.807) is 11.1 Å². The van der Waals surface area contributed by atoms with Gasteiger partial charge in [-0.15, -0.1) is 0 Å². The first-order chi connectivity index (χ1) is 13.6. The summed E-state index contributed by atoms with van der Waals surface area (Å²) in [5, 5.41) is 12.9. The van der Waals surface area contributed by atoms with Crippen molar-refractivity contribution in [3.8, 4) is 0 Å². The van der Waals surface area contributed by atoms with Crippen molar-refractivity contribution in [1.29, 1.82) is 0 Å². The maximum absolute atomic E-state index is 9.32. The average Bonchev–Trinajstić information content (AvgIpc) is 3.43. The van der Waals surface area contributed by atoms with Gasteiger partial charge in [-0.25, -0.2) is 0 Å². The van der Waals surface area contributed by atoms with Crippen molar-refractivity contribution < 1.29 is 5.21 Å². The number of pyridine rings is 1. The molecule has 146 valence electrons. The maximum Gasteiger partial charge on any atom is 0.0795 e. The second-order valence-electron chi connectivity index (χ2n) is 10.5. The van der Waals surface area contributed by atoms with Gasteiger partial charge in [-0.3, -0.25) is 4.98 Å². The SMILES string of the molecule is CC12CCC3C(C4CC4C4=C/C(=N/O)CCC43C)C1CC=C2c1cccnc1. The Hall–Kier alpha value is -1.90. The minimum atomic E-state index is 0.307. The zero-order chi connectivity index (χ0) is 19.1. The summed E-state index contributed by atoms with van der Waals surface area (Å²) in [6.07, 6.45) is 16.1. The molecule has 0 saturated heterocycles. The molecule has 3 fully saturated rings. The Balaban J connectivity index is 1.38. The third-order valence-electron chi connectivity index (χ3n) is 9.45. The number of rotatable bonds is 1. The Morgan fingerprint density at radius 1 is 1.18 bits per heavy atom. The fourth-order valence-electron chi connectivity index (χ4n) is 8.03. The number of hydrogen-bond donors (Lipinski definition) is 1. The average molecular weight is 375 g/mol. The van der Waals surface area contributed by atoms with Crippen molar-refractivity contribution in [1.82, 2.24) is 4.98 Å². The van der Waals surface area contributed by atoms with Gasteiger partial charge in [-0.1, -0.05) is 36.7 Å². The Kier molecular flexibility index (Phi) is 3.39. The summed E-state index contributed by atoms with van der Waals surface area (Å²) in [4.78, 5) is 4.40. The molecule has 1 aromatic heterocycles. The Labute approximate surface area is 167 Å². The molecule has 0 spiro atoms. The van der Waals surface area contributed by atoms with E-state index >= 15 is 0 Å². The monoisotopic (exact) mass is 374 g/mol. The summed E-state index contributed by atoms with van der Waals surface area (Å²) in [7, 11) is 0. The lowest BCUT2D eigenvalue weighted by Crippen LogP contribution is -2.51. The van der Waals surface area contributed by atoms with Gasteiger partial charge in [0.1, 0.15) is 0 Å². The standard InChI is InChI=1S/C25H30N2O/c1-24-10-8-21-23(20(24)6-5-19(24)15-4-3-11-26-14-15)18-13-17(18)22-12-16(27-28)7-9-25(21,22)2/h3-5,11-12,14,17-18,20-21,23,28H,6-10,13H2,1-2H3/b27-16+. The largest absolute Gasteiger partial charge is 0.411 e. The molecular weight excluding hydrogens is 344 g/mol. The van der Waals surface area contributed by atoms with Crippen LogP contribution in [0.4, 0.5) is 0 Å². The molecule has 1 aromatic rings. The Bertz CT molecular complexity index is 916. The van der Waals surface area contributed by atoms with Gasteiger partial charge in [0.15, 0.2) is 0 Å². The van der Waals surface area contributed by atoms with E-state index in [1.165, 1.54) is 31.2 Å². The Morgan fingerprint density at radius 3 is 2.86 bits per heavy atom. The van der Waals surface area contributed by atoms with E-state index in [9.17, 15) is 5.21 Å². The molecular formula is C25H30N2O. The molecule has 0 aliphatic heterocycles. The summed E-state index contributed by atoms with van der Waals surface area (Å²) in [6, 6.07) is 4.33. The van der Waals surface area contributed by atoms with Crippen LogP contribution in [-0.4, -0.2) is 15.9 Å². The van der Waals surface area contributed by atoms with Gasteiger partial charge in [0.05, 0.1) is 5.71 Å². The molecule has 7 unspecified atom stereocenters. The maximum atomic E-state index is 9.32. The molecule has 5 aliphatic carbocycles. The molecule has 3 saturated carbocycles. The van der Waals surface area contributed by atoms with Gasteiger partial charge in [-0.05, 0) is 102 Å². The third kappa shape index (κ3) is 2.06. The molecule has 1 heterocycles. The van der Waals surface area contributed by atoms with Crippen molar-refractivity contribution >= 4 is 11.3 Å². The lowest BCUT2D eigenvalue weighted by molar-refractivity contribution is -0.0269. The highest BCUT2D eigenvalue weighted by Crippen LogP contribution is 2.74. The number of allylic oxidation sites excluding steroid dienone is 4. The number of nitrogens with zero attached hydrogens (tertiary/aromatic N) is 2. The first kappa shape index (κ1) is 17.0. The number of aromatic nitrogens is 1. The van der Waals surface area contributed by atoms with E-state index < -0.39 is 0 Å². The fourth-order valence-corrected chi connectivity index (χ4v) is 8.03. The predicted octanol–water partition coefficient (Wildman–Crippen LogP) is 5.72. The van der Waals surface area contributed by atoms with Crippen molar-refractivity contribution in [2.24, 2.45) is 45.6 Å². The quantitative estimate of drug-likeness (QED) is 0.504. The number of fused-ring (bicyclic) bond motifs is 8. The lowest BCUT2D eigenvalue weighted by atomic mass is 9.46. The van der Waals surface area contributed by atoms with E-state index in [2.05, 4.69) is 54.5 Å². The molecule has 0 radical (unpaired) electrons. The third-order valence-corrected chi connectivity index (χ3v) is 9.45. The smallest absolute Gasteiger partial charge is 0.0795 e. The number of oxime groups is 1. The summed E-state index contributed by atoms with van der Waals surface area (Å²) < 4.78 is 0. The molecule has 0 bridgehead atoms. The highest BCUT2D eigenvalue weighted by Gasteiger charge is 2.66. The van der Waals surface area contributed by atoms with Gasteiger partial charge in [0.2, 0.25) is 0 Å². The van der Waals surface area contributed by atoms with Crippen molar-refractivity contribution in [3.63, 3.8) is 0 Å². The van der Waals surface area contributed by atoms with Crippen LogP contribution in [0.1, 0.15) is 57.9 Å². The lowest BCUT2D eigenvalue weighted by Gasteiger charge is -2.57. The van der Waals surface area contributed by atoms with Crippen LogP contribution in [-0.2, 0) is 0 Å². The molecule has 0 aromatic carbocycles. The number of hydrogen-bond acceptors (Lipinski definition) is 3. The predicted molar refractivity (Wildman–Crippen MR) is 111 cm³/mol. The van der Waals surface area contributed by atoms with Crippen LogP contribution in [0.15, 0.2) is 47.4 Å². The summed E-state index contributed by atoms with van der Waals surface area (Å²) in [5.74, 6) is 4.02. The fraction of sp³-hybridized carbons (Fsp3) is 0.600. The molecule has 6 rings (SSSR count). The molecule has 5 aliphatic rings. The molecule has 3 nitrogen and oxygen atoms in total. The van der Waals surface area contributed by atoms with Crippen LogP contribution >= 0.6 is 0 Å². The van der Waals surface area contributed by atoms with Gasteiger partial charge in [-0.2, -0.15) is 0 Å². The van der Waals surface area contributed by atoms with E-state index in [-0.39, 0.29) is 0 Å². The first-order valence-corrected chi connectivity index (χ1v) is 11.1. The van der Waals surface area contributed by atoms with Gasteiger partial charge in [0.25, 0.3) is 0 Å². The first-order valence-electron chi connectivity index (χ1n) is 11.1. The van der Waals surface area contributed by atoms with E-state index in [0.29, 0.717) is 10.8 Å². The molecule has 28 heavy (non-hydrogen) atoms. The molecule has 0 amide bonds. The van der Waals surface area contributed by atoms with Crippen LogP contribution in [0.25, 0.3) is 5.57 Å². The van der Waals surface area contributed by atoms with Crippen LogP contribution < -0.4 is 0 Å². The van der Waals surface area contributed by atoms with Crippen molar-refractivity contribution in [2.75, 3.05) is 0 Å². The van der Waals surface area contributed by atoms with Crippen molar-refractivity contribution in [3.05, 3.63) is 47.8 Å². The van der Waals surface area contributed by atoms with E-state index in [1.807, 2.05) is 6.20 Å². The zero-order valence-corrected chi connectivity index (χ0v) is 16.9. The summed E-state index contributed by atoms with van der Waals surface area (Å²) in [6.45, 7) is 5.08. The normalized spacial score (nSPS) is 47.4. The van der Waals surface area contributed by atoms with Gasteiger partial charge in [0, 0.05) is 12.4 Å². The highest BCUT2D eigenvalue weighted by molar-refractivity contribution is 5.96. The van der Waals surface area contributed by atoms with Crippen LogP contribution in [0, 0.1) is 40.4 Å². The second-order valence-corrected chi connectivity index (χ2v) is 10.5. The van der Waals surface area contributed by atoms with E-state index in [4.69, 9.17) is 0 Å². The van der Waals surface area contributed by atoms with Crippen molar-refractivity contribution in [2.45, 2.75) is 52.4 Å².